The van der Waals surface area contributed by atoms with Crippen molar-refractivity contribution in [3.05, 3.63) is 0 Å². The molecule has 3 heteroatoms. The van der Waals surface area contributed by atoms with Crippen LogP contribution in [0.5, 0.6) is 0 Å². The SMILES string of the molecule is CC1CCNC(C)C1NC(=O)C1CCC1. The van der Waals surface area contributed by atoms with E-state index in [-0.39, 0.29) is 5.91 Å². The smallest absolute Gasteiger partial charge is 0.223 e. The third kappa shape index (κ3) is 2.33. The molecule has 0 spiro atoms. The summed E-state index contributed by atoms with van der Waals surface area (Å²) in [5.74, 6) is 1.20. The number of piperidine rings is 1. The van der Waals surface area contributed by atoms with Crippen molar-refractivity contribution in [2.24, 2.45) is 11.8 Å². The Morgan fingerprint density at radius 3 is 2.53 bits per heavy atom. The third-order valence-corrected chi connectivity index (χ3v) is 4.00. The third-order valence-electron chi connectivity index (χ3n) is 4.00. The van der Waals surface area contributed by atoms with Crippen LogP contribution in [-0.4, -0.2) is 24.5 Å². The fraction of sp³-hybridized carbons (Fsp3) is 0.917. The Balaban J connectivity index is 1.87. The largest absolute Gasteiger partial charge is 0.351 e. The van der Waals surface area contributed by atoms with Crippen LogP contribution in [0.15, 0.2) is 0 Å². The van der Waals surface area contributed by atoms with Gasteiger partial charge in [0.15, 0.2) is 0 Å². The van der Waals surface area contributed by atoms with Gasteiger partial charge in [0, 0.05) is 18.0 Å². The maximum Gasteiger partial charge on any atom is 0.223 e. The number of hydrogen-bond donors (Lipinski definition) is 2. The Morgan fingerprint density at radius 1 is 1.27 bits per heavy atom. The normalized spacial score (nSPS) is 37.1. The summed E-state index contributed by atoms with van der Waals surface area (Å²) in [5, 5.41) is 6.65. The van der Waals surface area contributed by atoms with E-state index in [1.54, 1.807) is 0 Å². The van der Waals surface area contributed by atoms with Crippen molar-refractivity contribution < 1.29 is 4.79 Å². The molecular formula is C12H22N2O. The molecule has 2 N–H and O–H groups in total. The summed E-state index contributed by atoms with van der Waals surface area (Å²) < 4.78 is 0. The van der Waals surface area contributed by atoms with Crippen LogP contribution < -0.4 is 10.6 Å². The lowest BCUT2D eigenvalue weighted by Gasteiger charge is -2.37. The molecule has 0 radical (unpaired) electrons. The highest BCUT2D eigenvalue weighted by Crippen LogP contribution is 2.27. The van der Waals surface area contributed by atoms with E-state index in [9.17, 15) is 4.79 Å². The molecular weight excluding hydrogens is 188 g/mol. The summed E-state index contributed by atoms with van der Waals surface area (Å²) in [6.45, 7) is 5.49. The average molecular weight is 210 g/mol. The number of hydrogen-bond acceptors (Lipinski definition) is 2. The van der Waals surface area contributed by atoms with Gasteiger partial charge in [-0.3, -0.25) is 4.79 Å². The monoisotopic (exact) mass is 210 g/mol. The lowest BCUT2D eigenvalue weighted by Crippen LogP contribution is -2.57. The van der Waals surface area contributed by atoms with Crippen molar-refractivity contribution >= 4 is 5.91 Å². The van der Waals surface area contributed by atoms with Gasteiger partial charge >= 0.3 is 0 Å². The van der Waals surface area contributed by atoms with Crippen molar-refractivity contribution in [2.75, 3.05) is 6.54 Å². The number of carbonyl (C=O) groups excluding carboxylic acids is 1. The van der Waals surface area contributed by atoms with Crippen molar-refractivity contribution in [1.82, 2.24) is 10.6 Å². The van der Waals surface area contributed by atoms with E-state index < -0.39 is 0 Å². The highest BCUT2D eigenvalue weighted by atomic mass is 16.2. The molecule has 2 fully saturated rings. The van der Waals surface area contributed by atoms with Crippen molar-refractivity contribution in [1.29, 1.82) is 0 Å². The average Bonchev–Trinajstić information content (AvgIpc) is 2.08. The van der Waals surface area contributed by atoms with Crippen LogP contribution in [0.4, 0.5) is 0 Å². The van der Waals surface area contributed by atoms with E-state index in [2.05, 4.69) is 24.5 Å². The van der Waals surface area contributed by atoms with Crippen LogP contribution in [0.25, 0.3) is 0 Å². The predicted octanol–water partition coefficient (Wildman–Crippen LogP) is 1.29. The molecule has 1 aliphatic carbocycles. The lowest BCUT2D eigenvalue weighted by atomic mass is 9.83. The van der Waals surface area contributed by atoms with Crippen LogP contribution in [-0.2, 0) is 4.79 Å². The summed E-state index contributed by atoms with van der Waals surface area (Å²) in [7, 11) is 0. The molecule has 0 bridgehead atoms. The van der Waals surface area contributed by atoms with Gasteiger partial charge in [0.1, 0.15) is 0 Å². The van der Waals surface area contributed by atoms with Crippen molar-refractivity contribution in [2.45, 2.75) is 51.6 Å². The van der Waals surface area contributed by atoms with Crippen LogP contribution >= 0.6 is 0 Å². The van der Waals surface area contributed by atoms with Crippen LogP contribution in [0.3, 0.4) is 0 Å². The van der Waals surface area contributed by atoms with Gasteiger partial charge < -0.3 is 10.6 Å². The standard InChI is InChI=1S/C12H22N2O/c1-8-6-7-13-9(2)11(8)14-12(15)10-4-3-5-10/h8-11,13H,3-7H2,1-2H3,(H,14,15). The maximum atomic E-state index is 11.8. The van der Waals surface area contributed by atoms with E-state index in [0.29, 0.717) is 23.9 Å². The molecule has 3 atom stereocenters. The predicted molar refractivity (Wildman–Crippen MR) is 60.5 cm³/mol. The van der Waals surface area contributed by atoms with Gasteiger partial charge in [-0.1, -0.05) is 13.3 Å². The first-order chi connectivity index (χ1) is 7.18. The van der Waals surface area contributed by atoms with E-state index in [4.69, 9.17) is 0 Å². The quantitative estimate of drug-likeness (QED) is 0.721. The van der Waals surface area contributed by atoms with Gasteiger partial charge in [0.25, 0.3) is 0 Å². The number of carbonyl (C=O) groups is 1. The first-order valence-electron chi connectivity index (χ1n) is 6.22. The Kier molecular flexibility index (Phi) is 3.29. The topological polar surface area (TPSA) is 41.1 Å². The minimum absolute atomic E-state index is 0.286. The molecule has 86 valence electrons. The zero-order valence-electron chi connectivity index (χ0n) is 9.75. The molecule has 15 heavy (non-hydrogen) atoms. The molecule has 0 aromatic carbocycles. The fourth-order valence-corrected chi connectivity index (χ4v) is 2.56. The summed E-state index contributed by atoms with van der Waals surface area (Å²) in [5.41, 5.74) is 0. The van der Waals surface area contributed by atoms with Crippen LogP contribution in [0, 0.1) is 11.8 Å². The number of rotatable bonds is 2. The molecule has 0 aromatic rings. The first-order valence-corrected chi connectivity index (χ1v) is 6.22. The molecule has 2 rings (SSSR count). The van der Waals surface area contributed by atoms with E-state index in [1.165, 1.54) is 12.8 Å². The number of amides is 1. The summed E-state index contributed by atoms with van der Waals surface area (Å²) in [6, 6.07) is 0.740. The maximum absolute atomic E-state index is 11.8. The van der Waals surface area contributed by atoms with Gasteiger partial charge in [-0.15, -0.1) is 0 Å². The summed E-state index contributed by atoms with van der Waals surface area (Å²) in [6.07, 6.45) is 4.58. The van der Waals surface area contributed by atoms with Gasteiger partial charge in [-0.25, -0.2) is 0 Å². The minimum Gasteiger partial charge on any atom is -0.351 e. The zero-order chi connectivity index (χ0) is 10.8. The summed E-state index contributed by atoms with van der Waals surface area (Å²) >= 11 is 0. The molecule has 3 unspecified atom stereocenters. The van der Waals surface area contributed by atoms with E-state index in [0.717, 1.165) is 19.4 Å². The second-order valence-corrected chi connectivity index (χ2v) is 5.17. The van der Waals surface area contributed by atoms with E-state index in [1.807, 2.05) is 0 Å². The van der Waals surface area contributed by atoms with E-state index >= 15 is 0 Å². The second kappa shape index (κ2) is 4.52. The van der Waals surface area contributed by atoms with Crippen LogP contribution in [0.2, 0.25) is 0 Å². The molecule has 1 aliphatic heterocycles. The van der Waals surface area contributed by atoms with Gasteiger partial charge in [0.05, 0.1) is 0 Å². The molecule has 1 heterocycles. The lowest BCUT2D eigenvalue weighted by molar-refractivity contribution is -0.128. The minimum atomic E-state index is 0.286. The molecule has 0 aromatic heterocycles. The summed E-state index contributed by atoms with van der Waals surface area (Å²) in [4.78, 5) is 11.8. The van der Waals surface area contributed by atoms with Crippen molar-refractivity contribution in [3.8, 4) is 0 Å². The van der Waals surface area contributed by atoms with Crippen LogP contribution in [0.1, 0.15) is 39.5 Å². The second-order valence-electron chi connectivity index (χ2n) is 5.17. The van der Waals surface area contributed by atoms with Gasteiger partial charge in [0.2, 0.25) is 5.91 Å². The molecule has 1 amide bonds. The zero-order valence-corrected chi connectivity index (χ0v) is 9.75. The molecule has 1 saturated carbocycles. The Morgan fingerprint density at radius 2 is 2.00 bits per heavy atom. The first kappa shape index (κ1) is 10.9. The van der Waals surface area contributed by atoms with Crippen molar-refractivity contribution in [3.63, 3.8) is 0 Å². The molecule has 3 nitrogen and oxygen atoms in total. The number of nitrogens with one attached hydrogen (secondary N) is 2. The highest BCUT2D eigenvalue weighted by Gasteiger charge is 2.32. The molecule has 1 saturated heterocycles. The highest BCUT2D eigenvalue weighted by molar-refractivity contribution is 5.79. The Bertz CT molecular complexity index is 228. The fourth-order valence-electron chi connectivity index (χ4n) is 2.56. The Hall–Kier alpha value is -0.570. The molecule has 2 aliphatic rings. The van der Waals surface area contributed by atoms with Gasteiger partial charge in [-0.2, -0.15) is 0 Å². The Labute approximate surface area is 92.0 Å². The van der Waals surface area contributed by atoms with Gasteiger partial charge in [-0.05, 0) is 38.6 Å².